The Bertz CT molecular complexity index is 1250. The van der Waals surface area contributed by atoms with Crippen LogP contribution >= 0.6 is 0 Å². The van der Waals surface area contributed by atoms with E-state index in [1.165, 1.54) is 46.7 Å². The maximum absolute atomic E-state index is 11.7. The highest BCUT2D eigenvalue weighted by atomic mass is 16.6. The van der Waals surface area contributed by atoms with Gasteiger partial charge in [-0.25, -0.2) is 0 Å². The summed E-state index contributed by atoms with van der Waals surface area (Å²) >= 11 is 0. The Kier molecular flexibility index (Phi) is 8.24. The maximum atomic E-state index is 11.7. The fourth-order valence-electron chi connectivity index (χ4n) is 3.48. The molecule has 3 aromatic rings. The third-order valence-electron chi connectivity index (χ3n) is 5.30. The van der Waals surface area contributed by atoms with E-state index in [0.717, 1.165) is 6.07 Å². The summed E-state index contributed by atoms with van der Waals surface area (Å²) in [4.78, 5) is 22.1. The zero-order valence-electron chi connectivity index (χ0n) is 20.1. The highest BCUT2D eigenvalue weighted by Gasteiger charge is 2.22. The number of nitro groups is 2. The Morgan fingerprint density at radius 3 is 1.28 bits per heavy atom. The molecule has 0 aliphatic heterocycles. The smallest absolute Gasteiger partial charge is 0.283 e. The molecule has 0 saturated carbocycles. The van der Waals surface area contributed by atoms with Gasteiger partial charge in [-0.1, -0.05) is 24.3 Å². The van der Waals surface area contributed by atoms with Crippen LogP contribution in [0.25, 0.3) is 24.3 Å². The van der Waals surface area contributed by atoms with E-state index in [0.29, 0.717) is 34.1 Å². The summed E-state index contributed by atoms with van der Waals surface area (Å²) < 4.78 is 21.0. The monoisotopic (exact) mass is 492 g/mol. The average molecular weight is 492 g/mol. The molecule has 0 atom stereocenters. The van der Waals surface area contributed by atoms with Crippen LogP contribution in [0.4, 0.5) is 11.4 Å². The summed E-state index contributed by atoms with van der Waals surface area (Å²) in [5.74, 6) is 2.07. The van der Waals surface area contributed by atoms with E-state index in [4.69, 9.17) is 18.9 Å². The molecule has 10 nitrogen and oxygen atoms in total. The second kappa shape index (κ2) is 11.5. The highest BCUT2D eigenvalue weighted by molar-refractivity contribution is 5.82. The Morgan fingerprint density at radius 2 is 0.944 bits per heavy atom. The second-order valence-electron chi connectivity index (χ2n) is 7.38. The van der Waals surface area contributed by atoms with Crippen molar-refractivity contribution in [1.82, 2.24) is 0 Å². The average Bonchev–Trinajstić information content (AvgIpc) is 2.89. The second-order valence-corrected chi connectivity index (χ2v) is 7.38. The lowest BCUT2D eigenvalue weighted by atomic mass is 10.0. The molecule has 10 heteroatoms. The number of hydrogen-bond acceptors (Lipinski definition) is 8. The van der Waals surface area contributed by atoms with Crippen LogP contribution in [0.2, 0.25) is 0 Å². The van der Waals surface area contributed by atoms with E-state index in [1.807, 2.05) is 0 Å². The van der Waals surface area contributed by atoms with Crippen LogP contribution in [0, 0.1) is 20.2 Å². The van der Waals surface area contributed by atoms with Crippen LogP contribution < -0.4 is 18.9 Å². The minimum Gasteiger partial charge on any atom is -0.493 e. The normalized spacial score (nSPS) is 11.0. The Balaban J connectivity index is 2.06. The summed E-state index contributed by atoms with van der Waals surface area (Å²) in [5, 5.41) is 23.4. The van der Waals surface area contributed by atoms with Crippen molar-refractivity contribution in [3.05, 3.63) is 91.0 Å². The lowest BCUT2D eigenvalue weighted by Crippen LogP contribution is -1.98. The number of benzene rings is 3. The molecule has 36 heavy (non-hydrogen) atoms. The van der Waals surface area contributed by atoms with Gasteiger partial charge in [0.25, 0.3) is 11.4 Å². The van der Waals surface area contributed by atoms with Gasteiger partial charge >= 0.3 is 0 Å². The number of methoxy groups -OCH3 is 4. The summed E-state index contributed by atoms with van der Waals surface area (Å²) in [6.45, 7) is 0. The molecular formula is C26H24N2O8. The van der Waals surface area contributed by atoms with Crippen LogP contribution in [0.3, 0.4) is 0 Å². The lowest BCUT2D eigenvalue weighted by molar-refractivity contribution is -0.394. The van der Waals surface area contributed by atoms with Crippen molar-refractivity contribution in [2.45, 2.75) is 0 Å². The van der Waals surface area contributed by atoms with Crippen molar-refractivity contribution in [2.24, 2.45) is 0 Å². The molecule has 3 aromatic carbocycles. The van der Waals surface area contributed by atoms with E-state index in [1.54, 1.807) is 48.6 Å². The van der Waals surface area contributed by atoms with Crippen molar-refractivity contribution in [1.29, 1.82) is 0 Å². The molecule has 0 aliphatic carbocycles. The predicted octanol–water partition coefficient (Wildman–Crippen LogP) is 5.88. The first kappa shape index (κ1) is 25.8. The van der Waals surface area contributed by atoms with E-state index in [9.17, 15) is 20.2 Å². The SMILES string of the molecule is COc1ccc(/C=C\c2cc(/C=C\c3ccc(OC)c(OC)c3)c([N+](=O)[O-])cc2[N+](=O)[O-])cc1OC. The molecule has 186 valence electrons. The van der Waals surface area contributed by atoms with Crippen LogP contribution in [-0.4, -0.2) is 38.3 Å². The molecule has 0 aromatic heterocycles. The first-order valence-corrected chi connectivity index (χ1v) is 10.6. The predicted molar refractivity (Wildman–Crippen MR) is 137 cm³/mol. The molecule has 0 bridgehead atoms. The van der Waals surface area contributed by atoms with Gasteiger partial charge in [0.05, 0.1) is 55.5 Å². The van der Waals surface area contributed by atoms with Crippen LogP contribution in [0.1, 0.15) is 22.3 Å². The molecule has 0 spiro atoms. The van der Waals surface area contributed by atoms with Crippen molar-refractivity contribution in [2.75, 3.05) is 28.4 Å². The number of hydrogen-bond donors (Lipinski definition) is 0. The van der Waals surface area contributed by atoms with Crippen molar-refractivity contribution < 1.29 is 28.8 Å². The van der Waals surface area contributed by atoms with Gasteiger partial charge in [-0.05, 0) is 53.6 Å². The summed E-state index contributed by atoms with van der Waals surface area (Å²) in [6, 6.07) is 12.7. The van der Waals surface area contributed by atoms with Crippen molar-refractivity contribution in [3.63, 3.8) is 0 Å². The summed E-state index contributed by atoms with van der Waals surface area (Å²) in [6.07, 6.45) is 6.35. The summed E-state index contributed by atoms with van der Waals surface area (Å²) in [7, 11) is 6.04. The fraction of sp³-hybridized carbons (Fsp3) is 0.154. The van der Waals surface area contributed by atoms with Gasteiger partial charge in [-0.3, -0.25) is 20.2 Å². The Labute approximate surface area is 207 Å². The van der Waals surface area contributed by atoms with Gasteiger partial charge in [-0.15, -0.1) is 0 Å². The van der Waals surface area contributed by atoms with Gasteiger partial charge in [0.2, 0.25) is 0 Å². The third-order valence-corrected chi connectivity index (χ3v) is 5.30. The number of nitro benzene ring substituents is 2. The molecule has 0 heterocycles. The first-order chi connectivity index (χ1) is 17.3. The lowest BCUT2D eigenvalue weighted by Gasteiger charge is -2.08. The van der Waals surface area contributed by atoms with E-state index in [2.05, 4.69) is 0 Å². The minimum atomic E-state index is -0.650. The first-order valence-electron chi connectivity index (χ1n) is 10.6. The molecule has 0 N–H and O–H groups in total. The number of ether oxygens (including phenoxy) is 4. The van der Waals surface area contributed by atoms with Crippen molar-refractivity contribution in [3.8, 4) is 23.0 Å². The molecule has 0 unspecified atom stereocenters. The molecule has 3 rings (SSSR count). The molecule has 0 saturated heterocycles. The Morgan fingerprint density at radius 1 is 0.556 bits per heavy atom. The summed E-state index contributed by atoms with van der Waals surface area (Å²) in [5.41, 5.74) is 1.02. The Hall–Kier alpha value is -4.86. The van der Waals surface area contributed by atoms with Crippen LogP contribution in [0.5, 0.6) is 23.0 Å². The number of rotatable bonds is 10. The van der Waals surface area contributed by atoms with Gasteiger partial charge < -0.3 is 18.9 Å². The largest absolute Gasteiger partial charge is 0.493 e. The van der Waals surface area contributed by atoms with Crippen molar-refractivity contribution >= 4 is 35.7 Å². The number of nitrogens with zero attached hydrogens (tertiary/aromatic N) is 2. The molecule has 0 fully saturated rings. The third kappa shape index (κ3) is 5.79. The highest BCUT2D eigenvalue weighted by Crippen LogP contribution is 2.34. The van der Waals surface area contributed by atoms with Crippen LogP contribution in [0.15, 0.2) is 48.5 Å². The molecule has 0 aliphatic rings. The molecule has 0 radical (unpaired) electrons. The van der Waals surface area contributed by atoms with E-state index in [-0.39, 0.29) is 22.5 Å². The molecular weight excluding hydrogens is 468 g/mol. The quantitative estimate of drug-likeness (QED) is 0.195. The fourth-order valence-corrected chi connectivity index (χ4v) is 3.48. The van der Waals surface area contributed by atoms with E-state index < -0.39 is 9.85 Å². The van der Waals surface area contributed by atoms with Gasteiger partial charge in [0.1, 0.15) is 0 Å². The molecule has 0 amide bonds. The minimum absolute atomic E-state index is 0.201. The standard InChI is InChI=1S/C26H24N2O8/c1-33-23-11-7-17(13-25(23)35-3)5-9-19-15-20(22(28(31)32)16-21(19)27(29)30)10-6-18-8-12-24(34-2)26(14-18)36-4/h5-16H,1-4H3/b9-5-,10-6-. The van der Waals surface area contributed by atoms with Gasteiger partial charge in [-0.2, -0.15) is 0 Å². The zero-order valence-corrected chi connectivity index (χ0v) is 20.1. The van der Waals surface area contributed by atoms with E-state index >= 15 is 0 Å². The topological polar surface area (TPSA) is 123 Å². The van der Waals surface area contributed by atoms with Gasteiger partial charge in [0, 0.05) is 0 Å². The maximum Gasteiger partial charge on any atom is 0.283 e. The van der Waals surface area contributed by atoms with Crippen LogP contribution in [-0.2, 0) is 0 Å². The van der Waals surface area contributed by atoms with Gasteiger partial charge in [0.15, 0.2) is 23.0 Å². The zero-order chi connectivity index (χ0) is 26.2.